The smallest absolute Gasteiger partial charge is 0.237 e. The lowest BCUT2D eigenvalue weighted by Gasteiger charge is -2.42. The van der Waals surface area contributed by atoms with E-state index < -0.39 is 5.54 Å². The lowest BCUT2D eigenvalue weighted by atomic mass is 9.77. The monoisotopic (exact) mass is 354 g/mol. The van der Waals surface area contributed by atoms with Gasteiger partial charge in [0.15, 0.2) is 0 Å². The summed E-state index contributed by atoms with van der Waals surface area (Å²) in [6.45, 7) is 6.27. The number of hydrogen-bond donors (Lipinski definition) is 0. The van der Waals surface area contributed by atoms with Crippen molar-refractivity contribution in [2.75, 3.05) is 44.7 Å². The third kappa shape index (κ3) is 4.02. The molecule has 0 spiro atoms. The number of piperazine rings is 1. The summed E-state index contributed by atoms with van der Waals surface area (Å²) >= 11 is 0. The van der Waals surface area contributed by atoms with Crippen molar-refractivity contribution >= 4 is 11.6 Å². The van der Waals surface area contributed by atoms with Crippen molar-refractivity contribution in [3.63, 3.8) is 0 Å². The molecule has 1 aromatic carbocycles. The number of benzene rings is 1. The number of carbonyl (C=O) groups is 1. The average Bonchev–Trinajstić information content (AvgIpc) is 2.69. The van der Waals surface area contributed by atoms with Crippen LogP contribution in [0.25, 0.3) is 0 Å². The van der Waals surface area contributed by atoms with Crippen molar-refractivity contribution in [1.29, 1.82) is 5.26 Å². The summed E-state index contributed by atoms with van der Waals surface area (Å²) in [5.74, 6) is 0.736. The molecular weight excluding hydrogens is 324 g/mol. The first-order valence-corrected chi connectivity index (χ1v) is 9.74. The second-order valence-corrected chi connectivity index (χ2v) is 7.88. The molecule has 1 saturated carbocycles. The fourth-order valence-electron chi connectivity index (χ4n) is 4.10. The highest BCUT2D eigenvalue weighted by atomic mass is 16.2. The molecule has 2 fully saturated rings. The van der Waals surface area contributed by atoms with E-state index in [9.17, 15) is 10.1 Å². The van der Waals surface area contributed by atoms with Gasteiger partial charge in [-0.3, -0.25) is 9.69 Å². The van der Waals surface area contributed by atoms with Crippen LogP contribution in [-0.2, 0) is 4.79 Å². The van der Waals surface area contributed by atoms with Gasteiger partial charge in [0.05, 0.1) is 12.6 Å². The van der Waals surface area contributed by atoms with Crippen molar-refractivity contribution in [3.8, 4) is 6.07 Å². The Labute approximate surface area is 157 Å². The minimum absolute atomic E-state index is 0.0780. The highest BCUT2D eigenvalue weighted by molar-refractivity contribution is 5.79. The fraction of sp³-hybridized carbons (Fsp3) is 0.619. The standard InChI is InChI=1S/C21H30N4O/c1-18-8-10-21(17-22,11-9-18)23(2)20(26)16-24-12-14-25(15-13-24)19-6-4-3-5-7-19/h3-7,18H,8-16H2,1-2H3. The number of nitriles is 1. The molecule has 1 aromatic rings. The summed E-state index contributed by atoms with van der Waals surface area (Å²) in [4.78, 5) is 19.1. The minimum atomic E-state index is -0.602. The SMILES string of the molecule is CC1CCC(C#N)(N(C)C(=O)CN2CCN(c3ccccc3)CC2)CC1. The summed E-state index contributed by atoms with van der Waals surface area (Å²) in [5.41, 5.74) is 0.644. The number of rotatable bonds is 4. The zero-order valence-corrected chi connectivity index (χ0v) is 16.0. The third-order valence-electron chi connectivity index (χ3n) is 6.18. The predicted molar refractivity (Wildman–Crippen MR) is 104 cm³/mol. The van der Waals surface area contributed by atoms with Crippen LogP contribution in [0.2, 0.25) is 0 Å². The number of anilines is 1. The molecular formula is C21H30N4O. The highest BCUT2D eigenvalue weighted by Crippen LogP contribution is 2.35. The van der Waals surface area contributed by atoms with Gasteiger partial charge in [0.25, 0.3) is 0 Å². The van der Waals surface area contributed by atoms with Gasteiger partial charge in [-0.05, 0) is 43.7 Å². The van der Waals surface area contributed by atoms with Crippen LogP contribution in [0.4, 0.5) is 5.69 Å². The van der Waals surface area contributed by atoms with Crippen LogP contribution < -0.4 is 4.90 Å². The Morgan fingerprint density at radius 3 is 2.38 bits per heavy atom. The molecule has 0 unspecified atom stereocenters. The van der Waals surface area contributed by atoms with Crippen LogP contribution in [0.15, 0.2) is 30.3 Å². The molecule has 0 atom stereocenters. The quantitative estimate of drug-likeness (QED) is 0.834. The molecule has 1 aliphatic carbocycles. The molecule has 5 heteroatoms. The minimum Gasteiger partial charge on any atom is -0.369 e. The van der Waals surface area contributed by atoms with Gasteiger partial charge in [0, 0.05) is 38.9 Å². The molecule has 140 valence electrons. The van der Waals surface area contributed by atoms with Crippen LogP contribution in [0.5, 0.6) is 0 Å². The topological polar surface area (TPSA) is 50.6 Å². The highest BCUT2D eigenvalue weighted by Gasteiger charge is 2.40. The number of carbonyl (C=O) groups excluding carboxylic acids is 1. The van der Waals surface area contributed by atoms with Gasteiger partial charge in [-0.1, -0.05) is 25.1 Å². The van der Waals surface area contributed by atoms with E-state index in [-0.39, 0.29) is 5.91 Å². The fourth-order valence-corrected chi connectivity index (χ4v) is 4.10. The Morgan fingerprint density at radius 2 is 1.81 bits per heavy atom. The maximum absolute atomic E-state index is 12.8. The lowest BCUT2D eigenvalue weighted by Crippen LogP contribution is -2.55. The molecule has 3 rings (SSSR count). The second-order valence-electron chi connectivity index (χ2n) is 7.88. The Bertz CT molecular complexity index is 638. The van der Waals surface area contributed by atoms with E-state index in [0.29, 0.717) is 12.5 Å². The summed E-state index contributed by atoms with van der Waals surface area (Å²) in [5, 5.41) is 9.75. The first-order chi connectivity index (χ1) is 12.5. The third-order valence-corrected chi connectivity index (χ3v) is 6.18. The first-order valence-electron chi connectivity index (χ1n) is 9.74. The van der Waals surface area contributed by atoms with Crippen LogP contribution in [0.1, 0.15) is 32.6 Å². The van der Waals surface area contributed by atoms with Crippen molar-refractivity contribution < 1.29 is 4.79 Å². The van der Waals surface area contributed by atoms with E-state index in [1.165, 1.54) is 5.69 Å². The molecule has 26 heavy (non-hydrogen) atoms. The van der Waals surface area contributed by atoms with E-state index >= 15 is 0 Å². The molecule has 2 aliphatic rings. The van der Waals surface area contributed by atoms with E-state index in [4.69, 9.17) is 0 Å². The van der Waals surface area contributed by atoms with Crippen molar-refractivity contribution in [2.45, 2.75) is 38.1 Å². The number of nitrogens with zero attached hydrogens (tertiary/aromatic N) is 4. The van der Waals surface area contributed by atoms with Gasteiger partial charge >= 0.3 is 0 Å². The molecule has 0 bridgehead atoms. The molecule has 0 N–H and O–H groups in total. The molecule has 1 aliphatic heterocycles. The van der Waals surface area contributed by atoms with E-state index in [1.54, 1.807) is 4.90 Å². The van der Waals surface area contributed by atoms with Gasteiger partial charge < -0.3 is 9.80 Å². The zero-order valence-electron chi connectivity index (χ0n) is 16.0. The van der Waals surface area contributed by atoms with E-state index in [0.717, 1.165) is 51.9 Å². The number of likely N-dealkylation sites (N-methyl/N-ethyl adjacent to an activating group) is 1. The van der Waals surface area contributed by atoms with E-state index in [1.807, 2.05) is 13.1 Å². The molecule has 5 nitrogen and oxygen atoms in total. The number of para-hydroxylation sites is 1. The van der Waals surface area contributed by atoms with Crippen molar-refractivity contribution in [3.05, 3.63) is 30.3 Å². The summed E-state index contributed by atoms with van der Waals surface area (Å²) < 4.78 is 0. The van der Waals surface area contributed by atoms with Crippen LogP contribution in [0, 0.1) is 17.2 Å². The summed E-state index contributed by atoms with van der Waals surface area (Å²) in [6.07, 6.45) is 3.66. The Morgan fingerprint density at radius 1 is 1.19 bits per heavy atom. The number of hydrogen-bond acceptors (Lipinski definition) is 4. The van der Waals surface area contributed by atoms with Gasteiger partial charge in [-0.15, -0.1) is 0 Å². The Balaban J connectivity index is 1.53. The Kier molecular flexibility index (Phi) is 5.83. The lowest BCUT2D eigenvalue weighted by molar-refractivity contribution is -0.136. The Hall–Kier alpha value is -2.06. The van der Waals surface area contributed by atoms with E-state index in [2.05, 4.69) is 47.1 Å². The van der Waals surface area contributed by atoms with Gasteiger partial charge in [0.2, 0.25) is 5.91 Å². The van der Waals surface area contributed by atoms with Crippen LogP contribution >= 0.6 is 0 Å². The van der Waals surface area contributed by atoms with Crippen molar-refractivity contribution in [2.24, 2.45) is 5.92 Å². The van der Waals surface area contributed by atoms with Crippen LogP contribution in [0.3, 0.4) is 0 Å². The summed E-state index contributed by atoms with van der Waals surface area (Å²) in [6, 6.07) is 12.9. The molecule has 0 radical (unpaired) electrons. The predicted octanol–water partition coefficient (Wildman–Crippen LogP) is 2.74. The largest absolute Gasteiger partial charge is 0.369 e. The van der Waals surface area contributed by atoms with Gasteiger partial charge in [-0.2, -0.15) is 5.26 Å². The molecule has 1 saturated heterocycles. The maximum Gasteiger partial charge on any atom is 0.237 e. The second kappa shape index (κ2) is 8.09. The maximum atomic E-state index is 12.8. The van der Waals surface area contributed by atoms with Gasteiger partial charge in [0.1, 0.15) is 5.54 Å². The number of amides is 1. The molecule has 0 aromatic heterocycles. The van der Waals surface area contributed by atoms with Crippen molar-refractivity contribution in [1.82, 2.24) is 9.80 Å². The van der Waals surface area contributed by atoms with Crippen LogP contribution in [-0.4, -0.2) is 61.0 Å². The zero-order chi connectivity index (χ0) is 18.6. The first kappa shape index (κ1) is 18.7. The normalized spacial score (nSPS) is 27.0. The van der Waals surface area contributed by atoms with Gasteiger partial charge in [-0.25, -0.2) is 0 Å². The average molecular weight is 354 g/mol. The summed E-state index contributed by atoms with van der Waals surface area (Å²) in [7, 11) is 1.82. The molecule has 1 heterocycles. The molecule has 1 amide bonds.